The molecule has 1 saturated heterocycles. The van der Waals surface area contributed by atoms with Crippen LogP contribution in [0.2, 0.25) is 5.02 Å². The zero-order valence-corrected chi connectivity index (χ0v) is 15.9. The summed E-state index contributed by atoms with van der Waals surface area (Å²) in [6.07, 6.45) is 1.04. The van der Waals surface area contributed by atoms with Crippen molar-refractivity contribution in [3.63, 3.8) is 0 Å². The molecule has 1 aliphatic heterocycles. The first-order chi connectivity index (χ1) is 12.3. The van der Waals surface area contributed by atoms with Crippen LogP contribution in [0.5, 0.6) is 0 Å². The number of rotatable bonds is 5. The van der Waals surface area contributed by atoms with E-state index >= 15 is 0 Å². The van der Waals surface area contributed by atoms with Crippen LogP contribution in [0.15, 0.2) is 18.2 Å². The lowest BCUT2D eigenvalue weighted by molar-refractivity contribution is -0.141. The van der Waals surface area contributed by atoms with Crippen LogP contribution < -0.4 is 10.6 Å². The van der Waals surface area contributed by atoms with Gasteiger partial charge >= 0.3 is 12.0 Å². The van der Waals surface area contributed by atoms with Gasteiger partial charge < -0.3 is 20.3 Å². The lowest BCUT2D eigenvalue weighted by Gasteiger charge is -2.18. The van der Waals surface area contributed by atoms with Gasteiger partial charge in [-0.05, 0) is 44.4 Å². The third-order valence-electron chi connectivity index (χ3n) is 4.15. The van der Waals surface area contributed by atoms with Gasteiger partial charge in [0.1, 0.15) is 0 Å². The highest BCUT2D eigenvalue weighted by atomic mass is 35.5. The number of amides is 3. The summed E-state index contributed by atoms with van der Waals surface area (Å²) in [6, 6.07) is 4.45. The molecule has 0 aliphatic carbocycles. The minimum absolute atomic E-state index is 0.00700. The first kappa shape index (κ1) is 20.0. The topological polar surface area (TPSA) is 87.7 Å². The third kappa shape index (κ3) is 5.36. The van der Waals surface area contributed by atoms with E-state index in [1.165, 1.54) is 7.11 Å². The number of nitrogens with one attached hydrogen (secondary N) is 2. The molecule has 0 spiro atoms. The normalized spacial score (nSPS) is 16.5. The summed E-state index contributed by atoms with van der Waals surface area (Å²) in [6.45, 7) is 4.77. The number of esters is 1. The monoisotopic (exact) mass is 381 g/mol. The van der Waals surface area contributed by atoms with Gasteiger partial charge in [0.2, 0.25) is 0 Å². The number of ether oxygens (including phenoxy) is 1. The molecule has 0 saturated carbocycles. The second-order valence-corrected chi connectivity index (χ2v) is 7.04. The maximum atomic E-state index is 12.5. The number of anilines is 1. The Labute approximate surface area is 158 Å². The minimum atomic E-state index is -0.305. The number of carbonyl (C=O) groups is 3. The Morgan fingerprint density at radius 2 is 2.08 bits per heavy atom. The van der Waals surface area contributed by atoms with Crippen LogP contribution in [0.1, 0.15) is 37.0 Å². The van der Waals surface area contributed by atoms with Gasteiger partial charge in [0, 0.05) is 24.7 Å². The number of likely N-dealkylation sites (tertiary alicyclic amines) is 1. The van der Waals surface area contributed by atoms with Gasteiger partial charge in [0.05, 0.1) is 24.2 Å². The molecule has 1 fully saturated rings. The summed E-state index contributed by atoms with van der Waals surface area (Å²) < 4.78 is 4.67. The third-order valence-corrected chi connectivity index (χ3v) is 4.48. The molecule has 1 aromatic rings. The highest BCUT2D eigenvalue weighted by Crippen LogP contribution is 2.25. The van der Waals surface area contributed by atoms with E-state index in [2.05, 4.69) is 15.4 Å². The number of hydrogen-bond donors (Lipinski definition) is 2. The summed E-state index contributed by atoms with van der Waals surface area (Å²) in [5.74, 6) is -0.414. The average Bonchev–Trinajstić information content (AvgIpc) is 3.04. The van der Waals surface area contributed by atoms with Crippen molar-refractivity contribution in [2.75, 3.05) is 25.5 Å². The van der Waals surface area contributed by atoms with E-state index in [1.807, 2.05) is 13.8 Å². The molecular weight excluding hydrogens is 358 g/mol. The maximum absolute atomic E-state index is 12.5. The van der Waals surface area contributed by atoms with Crippen molar-refractivity contribution in [2.45, 2.75) is 32.7 Å². The SMILES string of the molecule is COC(=O)C[C@H]1CCN(C(=O)Nc2cc(C(=O)NC(C)C)ccc2Cl)C1. The second kappa shape index (κ2) is 8.89. The van der Waals surface area contributed by atoms with Crippen molar-refractivity contribution in [1.29, 1.82) is 0 Å². The van der Waals surface area contributed by atoms with Gasteiger partial charge in [-0.25, -0.2) is 4.79 Å². The van der Waals surface area contributed by atoms with Crippen LogP contribution in [0, 0.1) is 5.92 Å². The predicted molar refractivity (Wildman–Crippen MR) is 99.4 cm³/mol. The van der Waals surface area contributed by atoms with Gasteiger partial charge in [-0.3, -0.25) is 9.59 Å². The smallest absolute Gasteiger partial charge is 0.321 e. The first-order valence-electron chi connectivity index (χ1n) is 8.53. The number of urea groups is 1. The highest BCUT2D eigenvalue weighted by Gasteiger charge is 2.28. The summed E-state index contributed by atoms with van der Waals surface area (Å²) in [7, 11) is 1.35. The first-order valence-corrected chi connectivity index (χ1v) is 8.91. The van der Waals surface area contributed by atoms with Gasteiger partial charge in [-0.15, -0.1) is 0 Å². The largest absolute Gasteiger partial charge is 0.469 e. The summed E-state index contributed by atoms with van der Waals surface area (Å²) in [5, 5.41) is 5.89. The Kier molecular flexibility index (Phi) is 6.85. The van der Waals surface area contributed by atoms with Gasteiger partial charge in [0.25, 0.3) is 5.91 Å². The fourth-order valence-corrected chi connectivity index (χ4v) is 2.97. The van der Waals surface area contributed by atoms with E-state index in [4.69, 9.17) is 11.6 Å². The lowest BCUT2D eigenvalue weighted by Crippen LogP contribution is -2.33. The summed E-state index contributed by atoms with van der Waals surface area (Å²) in [5.41, 5.74) is 0.799. The van der Waals surface area contributed by atoms with Crippen molar-refractivity contribution in [3.8, 4) is 0 Å². The molecule has 7 nitrogen and oxygen atoms in total. The number of methoxy groups -OCH3 is 1. The average molecular weight is 382 g/mol. The number of hydrogen-bond acceptors (Lipinski definition) is 4. The van der Waals surface area contributed by atoms with Crippen LogP contribution in [-0.4, -0.2) is 49.0 Å². The molecule has 0 radical (unpaired) electrons. The van der Waals surface area contributed by atoms with E-state index in [0.717, 1.165) is 6.42 Å². The van der Waals surface area contributed by atoms with Crippen LogP contribution in [0.4, 0.5) is 10.5 Å². The quantitative estimate of drug-likeness (QED) is 0.767. The number of halogens is 1. The van der Waals surface area contributed by atoms with Crippen molar-refractivity contribution in [2.24, 2.45) is 5.92 Å². The Morgan fingerprint density at radius 1 is 1.35 bits per heavy atom. The molecular formula is C18H24ClN3O4. The fraction of sp³-hybridized carbons (Fsp3) is 0.500. The molecule has 1 heterocycles. The molecule has 26 heavy (non-hydrogen) atoms. The molecule has 2 rings (SSSR count). The summed E-state index contributed by atoms with van der Waals surface area (Å²) in [4.78, 5) is 37.6. The van der Waals surface area contributed by atoms with Crippen LogP contribution in [0.3, 0.4) is 0 Å². The van der Waals surface area contributed by atoms with E-state index in [1.54, 1.807) is 23.1 Å². The number of benzene rings is 1. The van der Waals surface area contributed by atoms with E-state index < -0.39 is 0 Å². The molecule has 0 bridgehead atoms. The zero-order valence-electron chi connectivity index (χ0n) is 15.2. The van der Waals surface area contributed by atoms with Gasteiger partial charge in [0.15, 0.2) is 0 Å². The molecule has 2 N–H and O–H groups in total. The van der Waals surface area contributed by atoms with Crippen LogP contribution >= 0.6 is 11.6 Å². The van der Waals surface area contributed by atoms with Crippen molar-refractivity contribution >= 4 is 35.2 Å². The maximum Gasteiger partial charge on any atom is 0.321 e. The number of carbonyl (C=O) groups excluding carboxylic acids is 3. The second-order valence-electron chi connectivity index (χ2n) is 6.63. The summed E-state index contributed by atoms with van der Waals surface area (Å²) >= 11 is 6.15. The molecule has 0 aromatic heterocycles. The molecule has 1 aromatic carbocycles. The van der Waals surface area contributed by atoms with Gasteiger partial charge in [-0.1, -0.05) is 11.6 Å². The Bertz CT molecular complexity index is 693. The molecule has 1 atom stereocenters. The Balaban J connectivity index is 2.00. The van der Waals surface area contributed by atoms with Crippen molar-refractivity contribution in [1.82, 2.24) is 10.2 Å². The molecule has 0 unspecified atom stereocenters. The molecule has 8 heteroatoms. The molecule has 1 aliphatic rings. The standard InChI is InChI=1S/C18H24ClN3O4/c1-11(2)20-17(24)13-4-5-14(19)15(9-13)21-18(25)22-7-6-12(10-22)8-16(23)26-3/h4-5,9,11-12H,6-8,10H2,1-3H3,(H,20,24)(H,21,25)/t12-/m1/s1. The fourth-order valence-electron chi connectivity index (χ4n) is 2.80. The van der Waals surface area contributed by atoms with Crippen molar-refractivity contribution < 1.29 is 19.1 Å². The Hall–Kier alpha value is -2.28. The molecule has 3 amide bonds. The van der Waals surface area contributed by atoms with Crippen LogP contribution in [0.25, 0.3) is 0 Å². The van der Waals surface area contributed by atoms with E-state index in [0.29, 0.717) is 35.8 Å². The van der Waals surface area contributed by atoms with Crippen molar-refractivity contribution in [3.05, 3.63) is 28.8 Å². The molecule has 142 valence electrons. The lowest BCUT2D eigenvalue weighted by atomic mass is 10.1. The Morgan fingerprint density at radius 3 is 2.73 bits per heavy atom. The van der Waals surface area contributed by atoms with Crippen LogP contribution in [-0.2, 0) is 9.53 Å². The highest BCUT2D eigenvalue weighted by molar-refractivity contribution is 6.33. The predicted octanol–water partition coefficient (Wildman–Crippen LogP) is 2.90. The minimum Gasteiger partial charge on any atom is -0.469 e. The zero-order chi connectivity index (χ0) is 19.3. The van der Waals surface area contributed by atoms with E-state index in [9.17, 15) is 14.4 Å². The van der Waals surface area contributed by atoms with E-state index in [-0.39, 0.29) is 29.9 Å². The number of nitrogens with zero attached hydrogens (tertiary/aromatic N) is 1. The van der Waals surface area contributed by atoms with Gasteiger partial charge in [-0.2, -0.15) is 0 Å².